The predicted octanol–water partition coefficient (Wildman–Crippen LogP) is 1.08. The van der Waals surface area contributed by atoms with Crippen LogP contribution in [0.15, 0.2) is 12.3 Å². The van der Waals surface area contributed by atoms with Crippen molar-refractivity contribution in [1.29, 1.82) is 5.26 Å². The summed E-state index contributed by atoms with van der Waals surface area (Å²) in [7, 11) is 0. The molecule has 1 aromatic heterocycles. The molecule has 0 atom stereocenters. The van der Waals surface area contributed by atoms with Crippen molar-refractivity contribution in [2.45, 2.75) is 19.6 Å². The van der Waals surface area contributed by atoms with Crippen molar-refractivity contribution in [2.75, 3.05) is 6.61 Å². The highest BCUT2D eigenvalue weighted by Gasteiger charge is 2.09. The van der Waals surface area contributed by atoms with Crippen molar-refractivity contribution in [3.05, 3.63) is 23.5 Å². The van der Waals surface area contributed by atoms with Crippen molar-refractivity contribution in [3.8, 4) is 6.07 Å². The van der Waals surface area contributed by atoms with Crippen molar-refractivity contribution in [2.24, 2.45) is 0 Å². The molecule has 0 fully saturated rings. The van der Waals surface area contributed by atoms with Gasteiger partial charge in [-0.25, -0.2) is 0 Å². The maximum atomic E-state index is 8.49. The van der Waals surface area contributed by atoms with E-state index < -0.39 is 0 Å². The molecular weight excluding hydrogens is 152 g/mol. The Morgan fingerprint density at radius 3 is 3.33 bits per heavy atom. The Labute approximate surface area is 71.2 Å². The molecule has 0 aromatic carbocycles. The van der Waals surface area contributed by atoms with E-state index in [9.17, 15) is 0 Å². The Balaban J connectivity index is 2.27. The zero-order valence-electron chi connectivity index (χ0n) is 6.79. The van der Waals surface area contributed by atoms with Gasteiger partial charge >= 0.3 is 0 Å². The van der Waals surface area contributed by atoms with Gasteiger partial charge in [-0.3, -0.25) is 0 Å². The second-order valence-electron chi connectivity index (χ2n) is 2.92. The lowest BCUT2D eigenvalue weighted by atomic mass is 10.2. The molecule has 0 spiro atoms. The van der Waals surface area contributed by atoms with Crippen LogP contribution in [0.3, 0.4) is 0 Å². The van der Waals surface area contributed by atoms with Gasteiger partial charge in [0.15, 0.2) is 0 Å². The molecule has 0 N–H and O–H groups in total. The minimum Gasteiger partial charge on any atom is -0.373 e. The number of fused-ring (bicyclic) bond motifs is 1. The topological polar surface area (TPSA) is 38.0 Å². The molecule has 12 heavy (non-hydrogen) atoms. The van der Waals surface area contributed by atoms with Gasteiger partial charge in [-0.1, -0.05) is 0 Å². The lowest BCUT2D eigenvalue weighted by molar-refractivity contribution is 0.0850. The summed E-state index contributed by atoms with van der Waals surface area (Å²) in [6.45, 7) is 2.39. The average molecular weight is 162 g/mol. The highest BCUT2D eigenvalue weighted by Crippen LogP contribution is 2.13. The van der Waals surface area contributed by atoms with E-state index in [0.29, 0.717) is 13.0 Å². The van der Waals surface area contributed by atoms with E-state index in [1.54, 1.807) is 0 Å². The molecule has 0 amide bonds. The third-order valence-corrected chi connectivity index (χ3v) is 2.05. The van der Waals surface area contributed by atoms with Crippen LogP contribution in [0, 0.1) is 11.3 Å². The van der Waals surface area contributed by atoms with E-state index in [1.165, 1.54) is 5.69 Å². The van der Waals surface area contributed by atoms with Crippen LogP contribution in [-0.2, 0) is 24.3 Å². The summed E-state index contributed by atoms with van der Waals surface area (Å²) < 4.78 is 7.45. The zero-order valence-corrected chi connectivity index (χ0v) is 6.79. The van der Waals surface area contributed by atoms with E-state index in [1.807, 2.05) is 12.3 Å². The maximum Gasteiger partial charge on any atom is 0.0868 e. The molecule has 0 saturated carbocycles. The summed E-state index contributed by atoms with van der Waals surface area (Å²) in [6, 6.07) is 4.18. The summed E-state index contributed by atoms with van der Waals surface area (Å²) >= 11 is 0. The second-order valence-corrected chi connectivity index (χ2v) is 2.92. The second kappa shape index (κ2) is 3.00. The summed E-state index contributed by atoms with van der Waals surface area (Å²) in [5.74, 6) is 0. The van der Waals surface area contributed by atoms with Crippen molar-refractivity contribution in [3.63, 3.8) is 0 Å². The van der Waals surface area contributed by atoms with E-state index in [4.69, 9.17) is 10.00 Å². The highest BCUT2D eigenvalue weighted by molar-refractivity contribution is 5.21. The molecule has 1 aliphatic heterocycles. The van der Waals surface area contributed by atoms with Gasteiger partial charge in [-0.2, -0.15) is 5.26 Å². The van der Waals surface area contributed by atoms with Crippen LogP contribution < -0.4 is 0 Å². The SMILES string of the molecule is N#CCc1cc2n(c1)CCOC2. The fraction of sp³-hybridized carbons (Fsp3) is 0.444. The number of rotatable bonds is 1. The molecule has 0 saturated heterocycles. The van der Waals surface area contributed by atoms with E-state index in [0.717, 1.165) is 18.7 Å². The first kappa shape index (κ1) is 7.38. The molecule has 0 radical (unpaired) electrons. The number of hydrogen-bond donors (Lipinski definition) is 0. The van der Waals surface area contributed by atoms with Crippen LogP contribution in [0.25, 0.3) is 0 Å². The number of ether oxygens (including phenoxy) is 1. The van der Waals surface area contributed by atoms with E-state index in [-0.39, 0.29) is 0 Å². The molecule has 1 aliphatic rings. The predicted molar refractivity (Wildman–Crippen MR) is 43.4 cm³/mol. The monoisotopic (exact) mass is 162 g/mol. The van der Waals surface area contributed by atoms with Crippen molar-refractivity contribution < 1.29 is 4.74 Å². The van der Waals surface area contributed by atoms with Gasteiger partial charge in [-0.05, 0) is 11.6 Å². The van der Waals surface area contributed by atoms with Crippen molar-refractivity contribution >= 4 is 0 Å². The average Bonchev–Trinajstić information content (AvgIpc) is 2.47. The van der Waals surface area contributed by atoms with Crippen LogP contribution in [-0.4, -0.2) is 11.2 Å². The van der Waals surface area contributed by atoms with Gasteiger partial charge in [0.2, 0.25) is 0 Å². The fourth-order valence-electron chi connectivity index (χ4n) is 1.48. The quantitative estimate of drug-likeness (QED) is 0.619. The third-order valence-electron chi connectivity index (χ3n) is 2.05. The van der Waals surface area contributed by atoms with E-state index in [2.05, 4.69) is 10.6 Å². The summed E-state index contributed by atoms with van der Waals surface area (Å²) in [5.41, 5.74) is 2.28. The highest BCUT2D eigenvalue weighted by atomic mass is 16.5. The van der Waals surface area contributed by atoms with Crippen molar-refractivity contribution in [1.82, 2.24) is 4.57 Å². The Kier molecular flexibility index (Phi) is 1.84. The third kappa shape index (κ3) is 1.21. The Morgan fingerprint density at radius 2 is 2.58 bits per heavy atom. The molecule has 0 aliphatic carbocycles. The van der Waals surface area contributed by atoms with Gasteiger partial charge in [0.05, 0.1) is 25.7 Å². The number of nitrogens with zero attached hydrogens (tertiary/aromatic N) is 2. The molecule has 1 aromatic rings. The van der Waals surface area contributed by atoms with E-state index >= 15 is 0 Å². The molecule has 2 rings (SSSR count). The zero-order chi connectivity index (χ0) is 8.39. The maximum absolute atomic E-state index is 8.49. The van der Waals surface area contributed by atoms with Gasteiger partial charge in [-0.15, -0.1) is 0 Å². The summed E-state index contributed by atoms with van der Waals surface area (Å²) in [6.07, 6.45) is 2.54. The van der Waals surface area contributed by atoms with Gasteiger partial charge in [0.1, 0.15) is 0 Å². The minimum atomic E-state index is 0.500. The minimum absolute atomic E-state index is 0.500. The lowest BCUT2D eigenvalue weighted by Crippen LogP contribution is -2.14. The molecular formula is C9H10N2O. The fourth-order valence-corrected chi connectivity index (χ4v) is 1.48. The molecule has 2 heterocycles. The number of aromatic nitrogens is 1. The molecule has 0 bridgehead atoms. The van der Waals surface area contributed by atoms with Crippen LogP contribution in [0.2, 0.25) is 0 Å². The molecule has 0 unspecified atom stereocenters. The summed E-state index contributed by atoms with van der Waals surface area (Å²) in [5, 5.41) is 8.49. The first-order valence-corrected chi connectivity index (χ1v) is 4.03. The first-order valence-electron chi connectivity index (χ1n) is 4.03. The molecule has 3 heteroatoms. The summed E-state index contributed by atoms with van der Waals surface area (Å²) in [4.78, 5) is 0. The van der Waals surface area contributed by atoms with Crippen LogP contribution >= 0.6 is 0 Å². The Bertz CT molecular complexity index is 298. The standard InChI is InChI=1S/C9H10N2O/c10-2-1-8-5-9-7-12-4-3-11(9)6-8/h5-6H,1,3-4,7H2. The number of hydrogen-bond acceptors (Lipinski definition) is 2. The first-order chi connectivity index (χ1) is 5.90. The van der Waals surface area contributed by atoms with Crippen LogP contribution in [0.5, 0.6) is 0 Å². The smallest absolute Gasteiger partial charge is 0.0868 e. The van der Waals surface area contributed by atoms with Gasteiger partial charge in [0, 0.05) is 18.4 Å². The largest absolute Gasteiger partial charge is 0.373 e. The molecule has 3 nitrogen and oxygen atoms in total. The Hall–Kier alpha value is -1.27. The van der Waals surface area contributed by atoms with Crippen LogP contribution in [0.4, 0.5) is 0 Å². The lowest BCUT2D eigenvalue weighted by Gasteiger charge is -2.14. The van der Waals surface area contributed by atoms with Crippen LogP contribution in [0.1, 0.15) is 11.3 Å². The Morgan fingerprint density at radius 1 is 1.67 bits per heavy atom. The number of nitriles is 1. The van der Waals surface area contributed by atoms with Gasteiger partial charge in [0.25, 0.3) is 0 Å². The normalized spacial score (nSPS) is 15.2. The van der Waals surface area contributed by atoms with Gasteiger partial charge < -0.3 is 9.30 Å². The molecule has 62 valence electrons.